The van der Waals surface area contributed by atoms with Gasteiger partial charge in [0.2, 0.25) is 0 Å². The molecule has 5 atom stereocenters. The first-order chi connectivity index (χ1) is 24.8. The van der Waals surface area contributed by atoms with Crippen LogP contribution in [0.1, 0.15) is 98.2 Å². The van der Waals surface area contributed by atoms with E-state index in [4.69, 9.17) is 4.74 Å². The summed E-state index contributed by atoms with van der Waals surface area (Å²) in [5, 5.41) is 31.4. The molecule has 2 aliphatic rings. The maximum atomic E-state index is 13.0. The average molecular weight is 686 g/mol. The lowest BCUT2D eigenvalue weighted by atomic mass is 9.90. The molecule has 5 unspecified atom stereocenters. The predicted molar refractivity (Wildman–Crippen MR) is 202 cm³/mol. The molecular formula is C44H51N3O4. The second kappa shape index (κ2) is 15.7. The summed E-state index contributed by atoms with van der Waals surface area (Å²) in [4.78, 5) is 14.5. The standard InChI is InChI=1S/C44H51N3O4/c1-3-30-16-17-31(24-30)18-19-32-25-34(36(26-32)28-51-37-20-21-38(42(48)27-37)43(49)33-10-5-4-6-11-33)12-9-13-35-22-29(2)23-41(44(35)50)47-45-39-14-7-8-15-40(39)46-47/h4-8,10-11,14-15,20-23,27,30-32,34,36,48,50H,3,9,12-13,16-19,24-26,28H2,1-2H3. The fourth-order valence-corrected chi connectivity index (χ4v) is 8.85. The highest BCUT2D eigenvalue weighted by Gasteiger charge is 2.35. The summed E-state index contributed by atoms with van der Waals surface area (Å²) in [5.41, 5.74) is 5.05. The summed E-state index contributed by atoms with van der Waals surface area (Å²) in [6.45, 7) is 4.98. The number of aryl methyl sites for hydroxylation is 2. The van der Waals surface area contributed by atoms with Crippen LogP contribution in [0.25, 0.3) is 16.7 Å². The highest BCUT2D eigenvalue weighted by molar-refractivity contribution is 6.10. The zero-order valence-corrected chi connectivity index (χ0v) is 30.0. The Morgan fingerprint density at radius 3 is 2.24 bits per heavy atom. The Hall–Kier alpha value is -4.65. The largest absolute Gasteiger partial charge is 0.507 e. The van der Waals surface area contributed by atoms with Gasteiger partial charge in [-0.05, 0) is 116 Å². The average Bonchev–Trinajstić information content (AvgIpc) is 3.89. The minimum atomic E-state index is -0.202. The summed E-state index contributed by atoms with van der Waals surface area (Å²) in [7, 11) is 0. The minimum Gasteiger partial charge on any atom is -0.507 e. The molecule has 4 aromatic carbocycles. The zero-order valence-electron chi connectivity index (χ0n) is 30.0. The minimum absolute atomic E-state index is 0.0557. The first-order valence-electron chi connectivity index (χ1n) is 19.0. The number of benzene rings is 4. The van der Waals surface area contributed by atoms with Crippen molar-refractivity contribution in [3.05, 3.63) is 107 Å². The fourth-order valence-electron chi connectivity index (χ4n) is 8.85. The highest BCUT2D eigenvalue weighted by Crippen LogP contribution is 2.44. The van der Waals surface area contributed by atoms with Crippen molar-refractivity contribution in [3.63, 3.8) is 0 Å². The van der Waals surface area contributed by atoms with Crippen LogP contribution in [0.15, 0.2) is 84.9 Å². The van der Waals surface area contributed by atoms with Crippen molar-refractivity contribution in [3.8, 4) is 22.9 Å². The molecule has 2 fully saturated rings. The summed E-state index contributed by atoms with van der Waals surface area (Å²) in [6, 6.07) is 25.9. The van der Waals surface area contributed by atoms with E-state index in [0.717, 1.165) is 59.7 Å². The number of ether oxygens (including phenoxy) is 1. The van der Waals surface area contributed by atoms with Crippen molar-refractivity contribution in [2.24, 2.45) is 29.6 Å². The van der Waals surface area contributed by atoms with Gasteiger partial charge in [0.1, 0.15) is 34.0 Å². The van der Waals surface area contributed by atoms with Crippen molar-refractivity contribution in [1.82, 2.24) is 15.0 Å². The number of aromatic nitrogens is 3. The van der Waals surface area contributed by atoms with Gasteiger partial charge in [-0.1, -0.05) is 87.6 Å². The molecule has 266 valence electrons. The number of aromatic hydroxyl groups is 2. The molecule has 1 aromatic heterocycles. The third kappa shape index (κ3) is 8.14. The lowest BCUT2D eigenvalue weighted by Gasteiger charge is -2.20. The van der Waals surface area contributed by atoms with Gasteiger partial charge in [-0.2, -0.15) is 0 Å². The quantitative estimate of drug-likeness (QED) is 0.113. The first-order valence-corrected chi connectivity index (χ1v) is 19.0. The van der Waals surface area contributed by atoms with E-state index in [2.05, 4.69) is 30.1 Å². The molecule has 5 aromatic rings. The van der Waals surface area contributed by atoms with E-state index in [9.17, 15) is 15.0 Å². The maximum absolute atomic E-state index is 13.0. The lowest BCUT2D eigenvalue weighted by molar-refractivity contribution is 0.103. The van der Waals surface area contributed by atoms with Gasteiger partial charge in [-0.3, -0.25) is 4.79 Å². The smallest absolute Gasteiger partial charge is 0.196 e. The maximum Gasteiger partial charge on any atom is 0.196 e. The van der Waals surface area contributed by atoms with E-state index < -0.39 is 0 Å². The monoisotopic (exact) mass is 685 g/mol. The van der Waals surface area contributed by atoms with Crippen LogP contribution in [-0.2, 0) is 6.42 Å². The molecule has 51 heavy (non-hydrogen) atoms. The van der Waals surface area contributed by atoms with Crippen LogP contribution in [-0.4, -0.2) is 37.6 Å². The van der Waals surface area contributed by atoms with Gasteiger partial charge in [-0.15, -0.1) is 15.0 Å². The van der Waals surface area contributed by atoms with Gasteiger partial charge in [-0.25, -0.2) is 0 Å². The van der Waals surface area contributed by atoms with Crippen LogP contribution in [0, 0.1) is 36.5 Å². The Bertz CT molecular complexity index is 1920. The van der Waals surface area contributed by atoms with Gasteiger partial charge >= 0.3 is 0 Å². The number of hydrogen-bond donors (Lipinski definition) is 2. The Labute approximate surface area is 301 Å². The molecule has 2 aliphatic carbocycles. The molecule has 2 N–H and O–H groups in total. The van der Waals surface area contributed by atoms with Crippen LogP contribution in [0.5, 0.6) is 17.2 Å². The lowest BCUT2D eigenvalue weighted by Crippen LogP contribution is -2.17. The van der Waals surface area contributed by atoms with E-state index in [-0.39, 0.29) is 22.8 Å². The molecule has 0 spiro atoms. The number of carbonyl (C=O) groups excluding carboxylic acids is 1. The normalized spacial score (nSPS) is 21.7. The third-order valence-electron chi connectivity index (χ3n) is 11.7. The van der Waals surface area contributed by atoms with E-state index >= 15 is 0 Å². The molecule has 0 bridgehead atoms. The molecule has 7 heteroatoms. The third-order valence-corrected chi connectivity index (χ3v) is 11.7. The van der Waals surface area contributed by atoms with Crippen LogP contribution in [0.4, 0.5) is 0 Å². The van der Waals surface area contributed by atoms with Crippen LogP contribution in [0.2, 0.25) is 0 Å². The SMILES string of the molecule is CCC1CCC(CCC2CC(CCCc3cc(C)cc(-n4nc5ccccc5n4)c3O)C(COc3ccc(C(=O)c4ccccc4)c(O)c3)C2)C1. The number of ketones is 1. The molecule has 7 nitrogen and oxygen atoms in total. The van der Waals surface area contributed by atoms with Crippen molar-refractivity contribution in [1.29, 1.82) is 0 Å². The summed E-state index contributed by atoms with van der Waals surface area (Å²) >= 11 is 0. The molecule has 2 saturated carbocycles. The molecule has 7 rings (SSSR count). The Kier molecular flexibility index (Phi) is 10.7. The molecule has 0 radical (unpaired) electrons. The number of fused-ring (bicyclic) bond motifs is 1. The van der Waals surface area contributed by atoms with Gasteiger partial charge in [0, 0.05) is 11.6 Å². The summed E-state index contributed by atoms with van der Waals surface area (Å²) in [5.74, 6) is 4.02. The topological polar surface area (TPSA) is 97.5 Å². The van der Waals surface area contributed by atoms with Gasteiger partial charge in [0.05, 0.1) is 12.2 Å². The Morgan fingerprint density at radius 1 is 0.804 bits per heavy atom. The summed E-state index contributed by atoms with van der Waals surface area (Å²) < 4.78 is 6.36. The molecule has 1 heterocycles. The number of rotatable bonds is 14. The second-order valence-corrected chi connectivity index (χ2v) is 15.2. The predicted octanol–water partition coefficient (Wildman–Crippen LogP) is 10.0. The number of phenols is 2. The number of hydrogen-bond acceptors (Lipinski definition) is 6. The molecule has 0 amide bonds. The number of nitrogens with zero attached hydrogens (tertiary/aromatic N) is 3. The zero-order chi connectivity index (χ0) is 35.3. The molecule has 0 saturated heterocycles. The summed E-state index contributed by atoms with van der Waals surface area (Å²) in [6.07, 6.45) is 13.3. The van der Waals surface area contributed by atoms with E-state index in [1.54, 1.807) is 35.1 Å². The van der Waals surface area contributed by atoms with Gasteiger partial charge in [0.25, 0.3) is 0 Å². The second-order valence-electron chi connectivity index (χ2n) is 15.2. The first kappa shape index (κ1) is 34.8. The van der Waals surface area contributed by atoms with Crippen LogP contribution >= 0.6 is 0 Å². The number of carbonyl (C=O) groups is 1. The van der Waals surface area contributed by atoms with Crippen LogP contribution < -0.4 is 4.74 Å². The van der Waals surface area contributed by atoms with Crippen molar-refractivity contribution >= 4 is 16.8 Å². The fraction of sp³-hybridized carbons (Fsp3) is 0.432. The molecule has 0 aliphatic heterocycles. The Balaban J connectivity index is 1.01. The van der Waals surface area contributed by atoms with E-state index in [1.807, 2.05) is 48.5 Å². The van der Waals surface area contributed by atoms with Crippen LogP contribution in [0.3, 0.4) is 0 Å². The van der Waals surface area contributed by atoms with Gasteiger partial charge in [0.15, 0.2) is 5.78 Å². The number of phenolic OH excluding ortho intramolecular Hbond substituents is 2. The van der Waals surface area contributed by atoms with Crippen molar-refractivity contribution in [2.75, 3.05) is 6.61 Å². The molecular weight excluding hydrogens is 635 g/mol. The van der Waals surface area contributed by atoms with E-state index in [0.29, 0.717) is 41.4 Å². The Morgan fingerprint density at radius 2 is 1.51 bits per heavy atom. The van der Waals surface area contributed by atoms with E-state index in [1.165, 1.54) is 44.9 Å². The van der Waals surface area contributed by atoms with Crippen molar-refractivity contribution < 1.29 is 19.7 Å². The van der Waals surface area contributed by atoms with Crippen molar-refractivity contribution in [2.45, 2.75) is 84.5 Å². The van der Waals surface area contributed by atoms with Gasteiger partial charge < -0.3 is 14.9 Å². The highest BCUT2D eigenvalue weighted by atomic mass is 16.5.